The minimum atomic E-state index is -3.25. The second kappa shape index (κ2) is 8.02. The first-order chi connectivity index (χ1) is 12.3. The average molecular weight is 383 g/mol. The van der Waals surface area contributed by atoms with Crippen molar-refractivity contribution in [3.63, 3.8) is 0 Å². The number of hydrogen-bond donors (Lipinski definition) is 0. The van der Waals surface area contributed by atoms with E-state index < -0.39 is 10.0 Å². The van der Waals surface area contributed by atoms with Crippen molar-refractivity contribution in [2.45, 2.75) is 19.4 Å². The second-order valence-electron chi connectivity index (χ2n) is 7.15. The topological polar surface area (TPSA) is 60.9 Å². The maximum Gasteiger partial charge on any atom is 0.227 e. The molecule has 3 rings (SSSR count). The molecule has 1 amide bonds. The first-order valence-corrected chi connectivity index (χ1v) is 10.9. The van der Waals surface area contributed by atoms with E-state index in [0.717, 1.165) is 12.8 Å². The number of piperidine rings is 1. The molecule has 0 bridgehead atoms. The van der Waals surface area contributed by atoms with E-state index in [1.165, 1.54) is 16.6 Å². The lowest BCUT2D eigenvalue weighted by Crippen LogP contribution is -2.52. The van der Waals surface area contributed by atoms with Crippen molar-refractivity contribution in [3.05, 3.63) is 35.6 Å². The van der Waals surface area contributed by atoms with Crippen LogP contribution in [0.3, 0.4) is 0 Å². The number of piperazine rings is 1. The molecule has 2 heterocycles. The summed E-state index contributed by atoms with van der Waals surface area (Å²) in [4.78, 5) is 16.7. The van der Waals surface area contributed by atoms with Gasteiger partial charge >= 0.3 is 0 Å². The smallest absolute Gasteiger partial charge is 0.227 e. The number of carbonyl (C=O) groups excluding carboxylic acids is 1. The van der Waals surface area contributed by atoms with E-state index in [1.54, 1.807) is 12.1 Å². The highest BCUT2D eigenvalue weighted by Gasteiger charge is 2.33. The monoisotopic (exact) mass is 383 g/mol. The van der Waals surface area contributed by atoms with Crippen molar-refractivity contribution in [2.24, 2.45) is 5.92 Å². The Hall–Kier alpha value is -1.51. The van der Waals surface area contributed by atoms with Crippen molar-refractivity contribution in [1.29, 1.82) is 0 Å². The Morgan fingerprint density at radius 3 is 2.50 bits per heavy atom. The van der Waals surface area contributed by atoms with Gasteiger partial charge in [-0.1, -0.05) is 18.2 Å². The van der Waals surface area contributed by atoms with Crippen LogP contribution in [-0.2, 0) is 21.4 Å². The lowest BCUT2D eigenvalue weighted by Gasteiger charge is -2.38. The Balaban J connectivity index is 1.53. The summed E-state index contributed by atoms with van der Waals surface area (Å²) in [6, 6.07) is 6.76. The number of benzene rings is 1. The SMILES string of the molecule is CS(=O)(=O)N1CCCC(C(=O)N2CCN(Cc3ccccc3F)CC2)C1. The van der Waals surface area contributed by atoms with Gasteiger partial charge in [-0.15, -0.1) is 0 Å². The van der Waals surface area contributed by atoms with Crippen molar-refractivity contribution in [3.8, 4) is 0 Å². The summed E-state index contributed by atoms with van der Waals surface area (Å²) in [6.07, 6.45) is 2.65. The van der Waals surface area contributed by atoms with E-state index in [0.29, 0.717) is 44.8 Å². The lowest BCUT2D eigenvalue weighted by molar-refractivity contribution is -0.138. The third-order valence-corrected chi connectivity index (χ3v) is 6.51. The summed E-state index contributed by atoms with van der Waals surface area (Å²) in [5, 5.41) is 0. The molecular weight excluding hydrogens is 357 g/mol. The van der Waals surface area contributed by atoms with Crippen molar-refractivity contribution >= 4 is 15.9 Å². The van der Waals surface area contributed by atoms with Crippen LogP contribution in [0.25, 0.3) is 0 Å². The van der Waals surface area contributed by atoms with Crippen LogP contribution in [0.5, 0.6) is 0 Å². The molecule has 0 spiro atoms. The largest absolute Gasteiger partial charge is 0.340 e. The molecule has 1 atom stereocenters. The van der Waals surface area contributed by atoms with Crippen LogP contribution in [0, 0.1) is 11.7 Å². The fourth-order valence-corrected chi connectivity index (χ4v) is 4.61. The maximum absolute atomic E-state index is 13.8. The molecular formula is C18H26FN3O3S. The van der Waals surface area contributed by atoms with Gasteiger partial charge in [0.2, 0.25) is 15.9 Å². The van der Waals surface area contributed by atoms with Gasteiger partial charge in [0.25, 0.3) is 0 Å². The summed E-state index contributed by atoms with van der Waals surface area (Å²) in [5.74, 6) is -0.408. The van der Waals surface area contributed by atoms with E-state index in [9.17, 15) is 17.6 Å². The van der Waals surface area contributed by atoms with E-state index >= 15 is 0 Å². The first kappa shape index (κ1) is 19.3. The van der Waals surface area contributed by atoms with Gasteiger partial charge in [-0.2, -0.15) is 0 Å². The van der Waals surface area contributed by atoms with Gasteiger partial charge in [-0.05, 0) is 18.9 Å². The summed E-state index contributed by atoms with van der Waals surface area (Å²) in [5.41, 5.74) is 0.670. The Morgan fingerprint density at radius 1 is 1.15 bits per heavy atom. The predicted octanol–water partition coefficient (Wildman–Crippen LogP) is 1.14. The Morgan fingerprint density at radius 2 is 1.85 bits per heavy atom. The molecule has 2 fully saturated rings. The molecule has 144 valence electrons. The number of rotatable bonds is 4. The summed E-state index contributed by atoms with van der Waals surface area (Å²) < 4.78 is 38.7. The lowest BCUT2D eigenvalue weighted by atomic mass is 9.97. The molecule has 26 heavy (non-hydrogen) atoms. The van der Waals surface area contributed by atoms with Crippen molar-refractivity contribution in [1.82, 2.24) is 14.1 Å². The number of carbonyl (C=O) groups is 1. The molecule has 2 saturated heterocycles. The fraction of sp³-hybridized carbons (Fsp3) is 0.611. The highest BCUT2D eigenvalue weighted by Crippen LogP contribution is 2.22. The number of sulfonamides is 1. The first-order valence-electron chi connectivity index (χ1n) is 9.04. The normalized spacial score (nSPS) is 23.2. The van der Waals surface area contributed by atoms with Crippen LogP contribution in [0.15, 0.2) is 24.3 Å². The average Bonchev–Trinajstić information content (AvgIpc) is 2.63. The zero-order valence-electron chi connectivity index (χ0n) is 15.1. The molecule has 1 unspecified atom stereocenters. The molecule has 8 heteroatoms. The predicted molar refractivity (Wildman–Crippen MR) is 97.4 cm³/mol. The van der Waals surface area contributed by atoms with E-state index in [-0.39, 0.29) is 24.2 Å². The molecule has 0 aromatic heterocycles. The number of amides is 1. The quantitative estimate of drug-likeness (QED) is 0.782. The van der Waals surface area contributed by atoms with Gasteiger partial charge in [0.15, 0.2) is 0 Å². The van der Waals surface area contributed by atoms with Gasteiger partial charge in [0, 0.05) is 51.4 Å². The summed E-state index contributed by atoms with van der Waals surface area (Å²) >= 11 is 0. The second-order valence-corrected chi connectivity index (χ2v) is 9.14. The zero-order chi connectivity index (χ0) is 18.7. The van der Waals surface area contributed by atoms with Crippen molar-refractivity contribution < 1.29 is 17.6 Å². The molecule has 1 aromatic rings. The number of halogens is 1. The molecule has 2 aliphatic heterocycles. The third-order valence-electron chi connectivity index (χ3n) is 5.24. The van der Waals surface area contributed by atoms with Crippen LogP contribution < -0.4 is 0 Å². The molecule has 0 saturated carbocycles. The fourth-order valence-electron chi connectivity index (χ4n) is 3.70. The summed E-state index contributed by atoms with van der Waals surface area (Å²) in [6.45, 7) is 3.92. The van der Waals surface area contributed by atoms with Gasteiger partial charge < -0.3 is 4.90 Å². The zero-order valence-corrected chi connectivity index (χ0v) is 15.9. The Kier molecular flexibility index (Phi) is 5.94. The number of nitrogens with zero attached hydrogens (tertiary/aromatic N) is 3. The van der Waals surface area contributed by atoms with Gasteiger partial charge in [-0.3, -0.25) is 9.69 Å². The standard InChI is InChI=1S/C18H26FN3O3S/c1-26(24,25)22-8-4-6-16(14-22)18(23)21-11-9-20(10-12-21)13-15-5-2-3-7-17(15)19/h2-3,5,7,16H,4,6,8-14H2,1H3. The Labute approximate surface area is 154 Å². The molecule has 2 aliphatic rings. The molecule has 1 aromatic carbocycles. The minimum Gasteiger partial charge on any atom is -0.340 e. The van der Waals surface area contributed by atoms with Gasteiger partial charge in [-0.25, -0.2) is 17.1 Å². The Bertz CT molecular complexity index is 748. The van der Waals surface area contributed by atoms with E-state index in [2.05, 4.69) is 4.90 Å². The van der Waals surface area contributed by atoms with Crippen LogP contribution in [-0.4, -0.2) is 74.0 Å². The van der Waals surface area contributed by atoms with Gasteiger partial charge in [0.05, 0.1) is 12.2 Å². The highest BCUT2D eigenvalue weighted by atomic mass is 32.2. The number of hydrogen-bond acceptors (Lipinski definition) is 4. The van der Waals surface area contributed by atoms with Crippen LogP contribution in [0.2, 0.25) is 0 Å². The molecule has 0 N–H and O–H groups in total. The van der Waals surface area contributed by atoms with Crippen LogP contribution in [0.1, 0.15) is 18.4 Å². The van der Waals surface area contributed by atoms with E-state index in [1.807, 2.05) is 11.0 Å². The molecule has 0 radical (unpaired) electrons. The maximum atomic E-state index is 13.8. The van der Waals surface area contributed by atoms with Crippen LogP contribution >= 0.6 is 0 Å². The van der Waals surface area contributed by atoms with Gasteiger partial charge in [0.1, 0.15) is 5.82 Å². The van der Waals surface area contributed by atoms with Crippen molar-refractivity contribution in [2.75, 3.05) is 45.5 Å². The third kappa shape index (κ3) is 4.61. The van der Waals surface area contributed by atoms with Crippen LogP contribution in [0.4, 0.5) is 4.39 Å². The molecule has 0 aliphatic carbocycles. The van der Waals surface area contributed by atoms with E-state index in [4.69, 9.17) is 0 Å². The summed E-state index contributed by atoms with van der Waals surface area (Å²) in [7, 11) is -3.25. The molecule has 6 nitrogen and oxygen atoms in total. The highest BCUT2D eigenvalue weighted by molar-refractivity contribution is 7.88. The minimum absolute atomic E-state index is 0.0453.